The van der Waals surface area contributed by atoms with Crippen LogP contribution in [0.15, 0.2) is 47.6 Å². The number of halogens is 1. The van der Waals surface area contributed by atoms with Crippen molar-refractivity contribution in [1.29, 1.82) is 0 Å². The van der Waals surface area contributed by atoms with E-state index in [9.17, 15) is 0 Å². The van der Waals surface area contributed by atoms with Gasteiger partial charge in [-0.1, -0.05) is 25.1 Å². The van der Waals surface area contributed by atoms with Crippen LogP contribution >= 0.6 is 24.0 Å². The zero-order valence-corrected chi connectivity index (χ0v) is 17.8. The number of rotatable bonds is 8. The Hall–Kier alpha value is -2.03. The van der Waals surface area contributed by atoms with Crippen molar-refractivity contribution in [2.75, 3.05) is 6.61 Å². The van der Waals surface area contributed by atoms with Crippen LogP contribution in [0.5, 0.6) is 17.4 Å². The van der Waals surface area contributed by atoms with Crippen LogP contribution in [0.25, 0.3) is 0 Å². The summed E-state index contributed by atoms with van der Waals surface area (Å²) in [5.74, 6) is 2.23. The van der Waals surface area contributed by atoms with Crippen LogP contribution in [0.4, 0.5) is 0 Å². The second-order valence-electron chi connectivity index (χ2n) is 5.87. The minimum absolute atomic E-state index is 0. The third kappa shape index (κ3) is 7.07. The molecular weight excluding hydrogens is 443 g/mol. The fourth-order valence-electron chi connectivity index (χ4n) is 2.12. The van der Waals surface area contributed by atoms with E-state index in [1.807, 2.05) is 50.2 Å². The molecule has 0 radical (unpaired) electrons. The first-order chi connectivity index (χ1) is 12.1. The van der Waals surface area contributed by atoms with Crippen LogP contribution < -0.4 is 20.5 Å². The van der Waals surface area contributed by atoms with Gasteiger partial charge in [0.25, 0.3) is 0 Å². The van der Waals surface area contributed by atoms with Gasteiger partial charge in [0.2, 0.25) is 5.88 Å². The van der Waals surface area contributed by atoms with Crippen LogP contribution in [-0.2, 0) is 6.54 Å². The maximum atomic E-state index is 5.98. The minimum Gasteiger partial charge on any atom is -0.490 e. The summed E-state index contributed by atoms with van der Waals surface area (Å²) in [7, 11) is 0. The maximum Gasteiger partial charge on any atom is 0.224 e. The molecule has 0 aliphatic rings. The number of para-hydroxylation sites is 2. The summed E-state index contributed by atoms with van der Waals surface area (Å²) in [5, 5.41) is 3.06. The average molecular weight is 470 g/mol. The van der Waals surface area contributed by atoms with Crippen LogP contribution in [0.2, 0.25) is 0 Å². The van der Waals surface area contributed by atoms with E-state index in [1.54, 1.807) is 6.20 Å². The lowest BCUT2D eigenvalue weighted by Gasteiger charge is -2.13. The molecule has 0 spiro atoms. The molecule has 2 rings (SSSR count). The van der Waals surface area contributed by atoms with Crippen molar-refractivity contribution in [1.82, 2.24) is 10.3 Å². The van der Waals surface area contributed by atoms with Gasteiger partial charge < -0.3 is 20.5 Å². The van der Waals surface area contributed by atoms with Gasteiger partial charge in [-0.3, -0.25) is 0 Å². The summed E-state index contributed by atoms with van der Waals surface area (Å²) in [5.41, 5.74) is 6.71. The molecule has 142 valence electrons. The number of ether oxygens (including phenoxy) is 2. The Morgan fingerprint density at radius 3 is 2.62 bits per heavy atom. The van der Waals surface area contributed by atoms with Crippen LogP contribution in [0.1, 0.15) is 32.8 Å². The van der Waals surface area contributed by atoms with Gasteiger partial charge in [-0.15, -0.1) is 24.0 Å². The standard InChI is InChI=1S/C19H26N4O2.HI/c1-4-12-24-16-9-5-6-10-17(16)25-18-15(8-7-11-21-18)13-22-19(20)23-14(2)3;/h5-11,14H,4,12-13H2,1-3H3,(H3,20,22,23);1H. The number of hydrogen-bond acceptors (Lipinski definition) is 4. The number of aliphatic imine (C=N–C) groups is 1. The lowest BCUT2D eigenvalue weighted by Crippen LogP contribution is -2.36. The van der Waals surface area contributed by atoms with Crippen molar-refractivity contribution in [2.24, 2.45) is 10.7 Å². The van der Waals surface area contributed by atoms with Gasteiger partial charge in [-0.2, -0.15) is 0 Å². The summed E-state index contributed by atoms with van der Waals surface area (Å²) in [6, 6.07) is 11.6. The van der Waals surface area contributed by atoms with Gasteiger partial charge >= 0.3 is 0 Å². The van der Waals surface area contributed by atoms with E-state index in [0.29, 0.717) is 36.5 Å². The van der Waals surface area contributed by atoms with E-state index < -0.39 is 0 Å². The summed E-state index contributed by atoms with van der Waals surface area (Å²) in [6.45, 7) is 7.10. The molecule has 1 heterocycles. The smallest absolute Gasteiger partial charge is 0.224 e. The van der Waals surface area contributed by atoms with Gasteiger partial charge in [0.15, 0.2) is 17.5 Å². The van der Waals surface area contributed by atoms with Gasteiger partial charge in [0, 0.05) is 17.8 Å². The summed E-state index contributed by atoms with van der Waals surface area (Å²) in [6.07, 6.45) is 2.62. The number of nitrogens with two attached hydrogens (primary N) is 1. The number of nitrogens with zero attached hydrogens (tertiary/aromatic N) is 2. The fourth-order valence-corrected chi connectivity index (χ4v) is 2.12. The van der Waals surface area contributed by atoms with Crippen molar-refractivity contribution < 1.29 is 9.47 Å². The van der Waals surface area contributed by atoms with Crippen molar-refractivity contribution >= 4 is 29.9 Å². The van der Waals surface area contributed by atoms with E-state index in [-0.39, 0.29) is 30.0 Å². The number of benzene rings is 1. The molecule has 0 aliphatic carbocycles. The second kappa shape index (κ2) is 11.6. The molecule has 0 atom stereocenters. The van der Waals surface area contributed by atoms with Gasteiger partial charge in [-0.25, -0.2) is 9.98 Å². The highest BCUT2D eigenvalue weighted by molar-refractivity contribution is 14.0. The quantitative estimate of drug-likeness (QED) is 0.345. The van der Waals surface area contributed by atoms with Crippen molar-refractivity contribution in [3.63, 3.8) is 0 Å². The molecule has 0 bridgehead atoms. The van der Waals surface area contributed by atoms with Gasteiger partial charge in [0.1, 0.15) is 0 Å². The normalized spacial score (nSPS) is 11.0. The number of hydrogen-bond donors (Lipinski definition) is 2. The molecule has 7 heteroatoms. The molecule has 0 fully saturated rings. The van der Waals surface area contributed by atoms with Gasteiger partial charge in [0.05, 0.1) is 13.2 Å². The van der Waals surface area contributed by atoms with E-state index in [1.165, 1.54) is 0 Å². The van der Waals surface area contributed by atoms with Crippen molar-refractivity contribution in [3.8, 4) is 17.4 Å². The molecule has 1 aromatic heterocycles. The molecule has 1 aromatic carbocycles. The predicted octanol–water partition coefficient (Wildman–Crippen LogP) is 4.09. The van der Waals surface area contributed by atoms with E-state index in [2.05, 4.69) is 22.2 Å². The number of aromatic nitrogens is 1. The first-order valence-electron chi connectivity index (χ1n) is 8.50. The lowest BCUT2D eigenvalue weighted by atomic mass is 10.2. The molecular formula is C19H27IN4O2. The lowest BCUT2D eigenvalue weighted by molar-refractivity contribution is 0.300. The largest absolute Gasteiger partial charge is 0.490 e. The fraction of sp³-hybridized carbons (Fsp3) is 0.368. The summed E-state index contributed by atoms with van der Waals surface area (Å²) in [4.78, 5) is 8.67. The average Bonchev–Trinajstić information content (AvgIpc) is 2.59. The first kappa shape index (κ1) is 22.0. The highest BCUT2D eigenvalue weighted by Crippen LogP contribution is 2.32. The Kier molecular flexibility index (Phi) is 9.79. The topological polar surface area (TPSA) is 81.8 Å². The molecule has 0 saturated carbocycles. The molecule has 0 aliphatic heterocycles. The van der Waals surface area contributed by atoms with E-state index >= 15 is 0 Å². The van der Waals surface area contributed by atoms with Crippen molar-refractivity contribution in [3.05, 3.63) is 48.2 Å². The third-order valence-corrected chi connectivity index (χ3v) is 3.22. The van der Waals surface area contributed by atoms with E-state index in [0.717, 1.165) is 12.0 Å². The Morgan fingerprint density at radius 2 is 1.92 bits per heavy atom. The zero-order chi connectivity index (χ0) is 18.1. The highest BCUT2D eigenvalue weighted by Gasteiger charge is 2.10. The molecule has 0 amide bonds. The van der Waals surface area contributed by atoms with Crippen LogP contribution in [0.3, 0.4) is 0 Å². The molecule has 6 nitrogen and oxygen atoms in total. The first-order valence-corrected chi connectivity index (χ1v) is 8.50. The summed E-state index contributed by atoms with van der Waals surface area (Å²) < 4.78 is 11.7. The Bertz CT molecular complexity index is 707. The van der Waals surface area contributed by atoms with E-state index in [4.69, 9.17) is 15.2 Å². The minimum atomic E-state index is 0. The SMILES string of the molecule is CCCOc1ccccc1Oc1ncccc1CN=C(N)NC(C)C.I. The second-order valence-corrected chi connectivity index (χ2v) is 5.87. The third-order valence-electron chi connectivity index (χ3n) is 3.22. The molecule has 26 heavy (non-hydrogen) atoms. The zero-order valence-electron chi connectivity index (χ0n) is 15.4. The Morgan fingerprint density at radius 1 is 1.19 bits per heavy atom. The van der Waals surface area contributed by atoms with Crippen LogP contribution in [0, 0.1) is 0 Å². The van der Waals surface area contributed by atoms with Crippen molar-refractivity contribution in [2.45, 2.75) is 39.8 Å². The Balaban J connectivity index is 0.00000338. The number of nitrogens with one attached hydrogen (secondary N) is 1. The number of guanidine groups is 1. The molecule has 0 saturated heterocycles. The molecule has 0 unspecified atom stereocenters. The monoisotopic (exact) mass is 470 g/mol. The Labute approximate surface area is 172 Å². The summed E-state index contributed by atoms with van der Waals surface area (Å²) >= 11 is 0. The molecule has 3 N–H and O–H groups in total. The van der Waals surface area contributed by atoms with Crippen LogP contribution in [-0.4, -0.2) is 23.6 Å². The highest BCUT2D eigenvalue weighted by atomic mass is 127. The number of pyridine rings is 1. The maximum absolute atomic E-state index is 5.98. The molecule has 2 aromatic rings. The predicted molar refractivity (Wildman–Crippen MR) is 116 cm³/mol. The van der Waals surface area contributed by atoms with Gasteiger partial charge in [-0.05, 0) is 38.5 Å².